The molecule has 102 valence electrons. The van der Waals surface area contributed by atoms with Crippen molar-refractivity contribution in [1.29, 1.82) is 0 Å². The van der Waals surface area contributed by atoms with Crippen molar-refractivity contribution in [3.05, 3.63) is 28.2 Å². The largest absolute Gasteiger partial charge is 0.478 e. The van der Waals surface area contributed by atoms with E-state index in [-0.39, 0.29) is 0 Å². The summed E-state index contributed by atoms with van der Waals surface area (Å²) < 4.78 is 0.821. The first-order valence-corrected chi connectivity index (χ1v) is 7.67. The number of rotatable bonds is 2. The maximum absolute atomic E-state index is 11.3. The van der Waals surface area contributed by atoms with E-state index in [0.29, 0.717) is 11.0 Å². The van der Waals surface area contributed by atoms with Crippen molar-refractivity contribution in [1.82, 2.24) is 0 Å². The van der Waals surface area contributed by atoms with Crippen molar-refractivity contribution in [2.45, 2.75) is 32.1 Å². The Hall–Kier alpha value is -1.03. The third-order valence-corrected chi connectivity index (χ3v) is 4.99. The average molecular weight is 324 g/mol. The minimum absolute atomic E-state index is 0.403. The summed E-state index contributed by atoms with van der Waals surface area (Å²) in [6, 6.07) is 5.54. The van der Waals surface area contributed by atoms with E-state index in [9.17, 15) is 9.90 Å². The highest BCUT2D eigenvalue weighted by Crippen LogP contribution is 2.46. The molecule has 1 saturated heterocycles. The standard InChI is InChI=1S/C15H18BrNO2/c16-11-4-5-13(12(8-11)14(18)19)17-9-15(10-17)6-2-1-3-7-15/h4-5,8H,1-3,6-7,9-10H2,(H,18,19). The van der Waals surface area contributed by atoms with Crippen LogP contribution in [0.1, 0.15) is 42.5 Å². The maximum atomic E-state index is 11.3. The SMILES string of the molecule is O=C(O)c1cc(Br)ccc1N1CC2(CCCCC2)C1. The number of carboxylic acid groups (broad SMARTS) is 1. The van der Waals surface area contributed by atoms with Gasteiger partial charge in [0.1, 0.15) is 0 Å². The fraction of sp³-hybridized carbons (Fsp3) is 0.533. The number of hydrogen-bond acceptors (Lipinski definition) is 2. The summed E-state index contributed by atoms with van der Waals surface area (Å²) in [5, 5.41) is 9.31. The molecular weight excluding hydrogens is 306 g/mol. The monoisotopic (exact) mass is 323 g/mol. The second-order valence-electron chi connectivity index (χ2n) is 5.88. The van der Waals surface area contributed by atoms with E-state index in [1.54, 1.807) is 6.07 Å². The first-order valence-electron chi connectivity index (χ1n) is 6.88. The van der Waals surface area contributed by atoms with Gasteiger partial charge in [-0.2, -0.15) is 0 Å². The second-order valence-corrected chi connectivity index (χ2v) is 6.80. The quantitative estimate of drug-likeness (QED) is 0.896. The molecular formula is C15H18BrNO2. The lowest BCUT2D eigenvalue weighted by Crippen LogP contribution is -2.57. The van der Waals surface area contributed by atoms with E-state index in [4.69, 9.17) is 0 Å². The van der Waals surface area contributed by atoms with Crippen LogP contribution in [-0.4, -0.2) is 24.2 Å². The highest BCUT2D eigenvalue weighted by molar-refractivity contribution is 9.10. The van der Waals surface area contributed by atoms with Gasteiger partial charge in [0.2, 0.25) is 0 Å². The Morgan fingerprint density at radius 2 is 1.89 bits per heavy atom. The zero-order chi connectivity index (χ0) is 13.5. The molecule has 2 aliphatic rings. The molecule has 19 heavy (non-hydrogen) atoms. The lowest BCUT2D eigenvalue weighted by Gasteiger charge is -2.54. The molecule has 1 aromatic rings. The zero-order valence-electron chi connectivity index (χ0n) is 10.9. The maximum Gasteiger partial charge on any atom is 0.337 e. The highest BCUT2D eigenvalue weighted by Gasteiger charge is 2.44. The van der Waals surface area contributed by atoms with E-state index >= 15 is 0 Å². The molecule has 2 fully saturated rings. The molecule has 0 aromatic heterocycles. The van der Waals surface area contributed by atoms with Gasteiger partial charge in [0.05, 0.1) is 11.3 Å². The van der Waals surface area contributed by atoms with Gasteiger partial charge in [0, 0.05) is 23.0 Å². The number of aromatic carboxylic acids is 1. The third kappa shape index (κ3) is 2.38. The van der Waals surface area contributed by atoms with Crippen LogP contribution < -0.4 is 4.90 Å². The molecule has 0 unspecified atom stereocenters. The number of anilines is 1. The van der Waals surface area contributed by atoms with Crippen LogP contribution in [0.15, 0.2) is 22.7 Å². The van der Waals surface area contributed by atoms with Crippen LogP contribution in [0.3, 0.4) is 0 Å². The first kappa shape index (κ1) is 13.0. The van der Waals surface area contributed by atoms with Crippen molar-refractivity contribution < 1.29 is 9.90 Å². The van der Waals surface area contributed by atoms with Gasteiger partial charge in [-0.3, -0.25) is 0 Å². The summed E-state index contributed by atoms with van der Waals surface area (Å²) in [7, 11) is 0. The van der Waals surface area contributed by atoms with Gasteiger partial charge in [0.15, 0.2) is 0 Å². The van der Waals surface area contributed by atoms with E-state index in [0.717, 1.165) is 23.2 Å². The summed E-state index contributed by atoms with van der Waals surface area (Å²) in [4.78, 5) is 13.6. The Kier molecular flexibility index (Phi) is 3.29. The van der Waals surface area contributed by atoms with Gasteiger partial charge in [-0.25, -0.2) is 4.79 Å². The Balaban J connectivity index is 1.79. The summed E-state index contributed by atoms with van der Waals surface area (Å²) in [5.74, 6) is -0.846. The van der Waals surface area contributed by atoms with Crippen LogP contribution in [0, 0.1) is 5.41 Å². The Labute approximate surface area is 121 Å². The van der Waals surface area contributed by atoms with Crippen molar-refractivity contribution in [2.24, 2.45) is 5.41 Å². The number of halogens is 1. The topological polar surface area (TPSA) is 40.5 Å². The molecule has 1 saturated carbocycles. The molecule has 1 aliphatic carbocycles. The molecule has 3 nitrogen and oxygen atoms in total. The molecule has 0 atom stereocenters. The number of carboxylic acids is 1. The minimum atomic E-state index is -0.846. The van der Waals surface area contributed by atoms with Gasteiger partial charge in [-0.15, -0.1) is 0 Å². The number of nitrogens with zero attached hydrogens (tertiary/aromatic N) is 1. The van der Waals surface area contributed by atoms with Crippen LogP contribution in [-0.2, 0) is 0 Å². The Bertz CT molecular complexity index is 501. The number of carbonyl (C=O) groups is 1. The zero-order valence-corrected chi connectivity index (χ0v) is 12.4. The van der Waals surface area contributed by atoms with E-state index < -0.39 is 5.97 Å². The fourth-order valence-electron chi connectivity index (χ4n) is 3.51. The Morgan fingerprint density at radius 3 is 2.53 bits per heavy atom. The van der Waals surface area contributed by atoms with Crippen molar-refractivity contribution in [3.8, 4) is 0 Å². The van der Waals surface area contributed by atoms with Gasteiger partial charge in [0.25, 0.3) is 0 Å². The van der Waals surface area contributed by atoms with Gasteiger partial charge in [-0.05, 0) is 31.0 Å². The molecule has 1 aromatic carbocycles. The molecule has 0 radical (unpaired) electrons. The predicted octanol–water partition coefficient (Wildman–Crippen LogP) is 3.92. The smallest absolute Gasteiger partial charge is 0.337 e. The van der Waals surface area contributed by atoms with Gasteiger partial charge < -0.3 is 10.0 Å². The molecule has 1 N–H and O–H groups in total. The van der Waals surface area contributed by atoms with E-state index in [2.05, 4.69) is 20.8 Å². The van der Waals surface area contributed by atoms with Gasteiger partial charge >= 0.3 is 5.97 Å². The van der Waals surface area contributed by atoms with Crippen molar-refractivity contribution >= 4 is 27.6 Å². The lowest BCUT2D eigenvalue weighted by atomic mass is 9.68. The van der Waals surface area contributed by atoms with Crippen LogP contribution in [0.25, 0.3) is 0 Å². The average Bonchev–Trinajstić information content (AvgIpc) is 2.37. The molecule has 0 bridgehead atoms. The van der Waals surface area contributed by atoms with Crippen LogP contribution >= 0.6 is 15.9 Å². The molecule has 4 heteroatoms. The molecule has 1 spiro atoms. The van der Waals surface area contributed by atoms with E-state index in [1.807, 2.05) is 12.1 Å². The van der Waals surface area contributed by atoms with Crippen LogP contribution in [0.4, 0.5) is 5.69 Å². The lowest BCUT2D eigenvalue weighted by molar-refractivity contribution is 0.0695. The molecule has 0 amide bonds. The van der Waals surface area contributed by atoms with Gasteiger partial charge in [-0.1, -0.05) is 35.2 Å². The molecule has 1 heterocycles. The summed E-state index contributed by atoms with van der Waals surface area (Å²) in [6.07, 6.45) is 6.64. The molecule has 3 rings (SSSR count). The summed E-state index contributed by atoms with van der Waals surface area (Å²) in [6.45, 7) is 2.05. The van der Waals surface area contributed by atoms with Crippen molar-refractivity contribution in [3.63, 3.8) is 0 Å². The van der Waals surface area contributed by atoms with E-state index in [1.165, 1.54) is 32.1 Å². The summed E-state index contributed by atoms with van der Waals surface area (Å²) >= 11 is 3.34. The predicted molar refractivity (Wildman–Crippen MR) is 78.8 cm³/mol. The fourth-order valence-corrected chi connectivity index (χ4v) is 3.87. The van der Waals surface area contributed by atoms with Crippen LogP contribution in [0.5, 0.6) is 0 Å². The van der Waals surface area contributed by atoms with Crippen LogP contribution in [0.2, 0.25) is 0 Å². The highest BCUT2D eigenvalue weighted by atomic mass is 79.9. The third-order valence-electron chi connectivity index (χ3n) is 4.50. The Morgan fingerprint density at radius 1 is 1.21 bits per heavy atom. The summed E-state index contributed by atoms with van der Waals surface area (Å²) in [5.41, 5.74) is 1.74. The second kappa shape index (κ2) is 4.82. The number of hydrogen-bond donors (Lipinski definition) is 1. The minimum Gasteiger partial charge on any atom is -0.478 e. The normalized spacial score (nSPS) is 21.2. The van der Waals surface area contributed by atoms with Crippen molar-refractivity contribution in [2.75, 3.05) is 18.0 Å². The molecule has 1 aliphatic heterocycles. The first-order chi connectivity index (χ1) is 9.10. The number of benzene rings is 1.